The molecule has 0 fully saturated rings. The molecule has 3 heteroatoms. The molecule has 0 spiro atoms. The number of nitrogen functional groups attached to an aromatic ring is 1. The monoisotopic (exact) mass is 266 g/mol. The maximum absolute atomic E-state index is 8.21. The van der Waals surface area contributed by atoms with Gasteiger partial charge in [-0.15, -0.1) is 0 Å². The fourth-order valence-corrected chi connectivity index (χ4v) is 2.61. The molecule has 3 rings (SSSR count). The molecule has 1 aliphatic heterocycles. The van der Waals surface area contributed by atoms with Gasteiger partial charge in [0.15, 0.2) is 0 Å². The Bertz CT molecular complexity index is 875. The van der Waals surface area contributed by atoms with Gasteiger partial charge in [-0.1, -0.05) is 12.1 Å². The summed E-state index contributed by atoms with van der Waals surface area (Å²) in [6.07, 6.45) is 0. The molecule has 3 N–H and O–H groups in total. The Hall–Kier alpha value is -2.29. The third kappa shape index (κ3) is 1.56. The Morgan fingerprint density at radius 1 is 1.00 bits per heavy atom. The van der Waals surface area contributed by atoms with E-state index in [1.807, 2.05) is 26.0 Å². The van der Waals surface area contributed by atoms with Crippen molar-refractivity contribution in [3.05, 3.63) is 45.8 Å². The topological polar surface area (TPSA) is 63.0 Å². The second-order valence-corrected chi connectivity index (χ2v) is 5.45. The van der Waals surface area contributed by atoms with Crippen LogP contribution in [0.1, 0.15) is 22.3 Å². The predicted molar refractivity (Wildman–Crippen MR) is 82.1 cm³/mol. The van der Waals surface area contributed by atoms with Gasteiger partial charge >= 0.3 is 0 Å². The van der Waals surface area contributed by atoms with Crippen LogP contribution >= 0.6 is 0 Å². The van der Waals surface area contributed by atoms with Crippen LogP contribution in [0.25, 0.3) is 22.3 Å². The summed E-state index contributed by atoms with van der Waals surface area (Å²) in [7, 11) is 0. The third-order valence-corrected chi connectivity index (χ3v) is 4.30. The Labute approximate surface area is 117 Å². The van der Waals surface area contributed by atoms with E-state index in [0.29, 0.717) is 11.0 Å². The zero-order valence-corrected chi connectivity index (χ0v) is 12.2. The van der Waals surface area contributed by atoms with E-state index >= 15 is 0 Å². The number of hydrogen-bond donors (Lipinski definition) is 2. The first kappa shape index (κ1) is 12.7. The van der Waals surface area contributed by atoms with E-state index in [1.165, 1.54) is 5.56 Å². The first-order valence-corrected chi connectivity index (χ1v) is 6.68. The minimum absolute atomic E-state index is 0.354. The highest BCUT2D eigenvalue weighted by atomic mass is 16.3. The quantitative estimate of drug-likeness (QED) is 0.480. The molecule has 1 heterocycles. The Kier molecular flexibility index (Phi) is 2.61. The van der Waals surface area contributed by atoms with Crippen molar-refractivity contribution in [1.29, 1.82) is 5.41 Å². The molecule has 0 saturated heterocycles. The SMILES string of the molecule is Cc1ccc2cc3c(=N)c(N)c(C)c(C)c-3oc2c1C. The molecule has 2 aliphatic rings. The van der Waals surface area contributed by atoms with Crippen molar-refractivity contribution in [2.75, 3.05) is 5.73 Å². The van der Waals surface area contributed by atoms with Gasteiger partial charge in [0.25, 0.3) is 0 Å². The molecule has 0 aromatic heterocycles. The van der Waals surface area contributed by atoms with E-state index in [4.69, 9.17) is 15.6 Å². The van der Waals surface area contributed by atoms with Crippen molar-refractivity contribution in [3.63, 3.8) is 0 Å². The lowest BCUT2D eigenvalue weighted by atomic mass is 9.96. The summed E-state index contributed by atoms with van der Waals surface area (Å²) in [4.78, 5) is 0. The van der Waals surface area contributed by atoms with Crippen molar-refractivity contribution in [1.82, 2.24) is 0 Å². The van der Waals surface area contributed by atoms with Gasteiger partial charge in [0.05, 0.1) is 11.0 Å². The van der Waals surface area contributed by atoms with Gasteiger partial charge < -0.3 is 10.2 Å². The van der Waals surface area contributed by atoms with Crippen LogP contribution in [0.15, 0.2) is 22.6 Å². The molecule has 1 aromatic carbocycles. The Morgan fingerprint density at radius 2 is 1.70 bits per heavy atom. The summed E-state index contributed by atoms with van der Waals surface area (Å²) >= 11 is 0. The smallest absolute Gasteiger partial charge is 0.140 e. The lowest BCUT2D eigenvalue weighted by Crippen LogP contribution is -2.15. The van der Waals surface area contributed by atoms with Crippen LogP contribution in [0, 0.1) is 33.1 Å². The summed E-state index contributed by atoms with van der Waals surface area (Å²) in [5, 5.41) is 9.58. The molecule has 1 aliphatic carbocycles. The second-order valence-electron chi connectivity index (χ2n) is 5.45. The van der Waals surface area contributed by atoms with E-state index < -0.39 is 0 Å². The highest BCUT2D eigenvalue weighted by molar-refractivity contribution is 5.87. The van der Waals surface area contributed by atoms with E-state index in [-0.39, 0.29) is 0 Å². The van der Waals surface area contributed by atoms with Crippen molar-refractivity contribution in [2.45, 2.75) is 27.7 Å². The van der Waals surface area contributed by atoms with Crippen LogP contribution in [0.4, 0.5) is 5.69 Å². The number of nitrogens with two attached hydrogens (primary N) is 1. The van der Waals surface area contributed by atoms with Gasteiger partial charge in [-0.05, 0) is 56.0 Å². The number of nitrogens with one attached hydrogen (secondary N) is 1. The maximum atomic E-state index is 8.21. The average Bonchev–Trinajstić information content (AvgIpc) is 2.45. The lowest BCUT2D eigenvalue weighted by molar-refractivity contribution is 0.610. The molecule has 0 amide bonds. The fraction of sp³-hybridized carbons (Fsp3) is 0.235. The molecule has 20 heavy (non-hydrogen) atoms. The van der Waals surface area contributed by atoms with Gasteiger partial charge in [0, 0.05) is 10.9 Å². The average molecular weight is 266 g/mol. The summed E-state index contributed by atoms with van der Waals surface area (Å²) in [5.41, 5.74) is 12.5. The van der Waals surface area contributed by atoms with Crippen LogP contribution in [0.3, 0.4) is 0 Å². The molecule has 0 radical (unpaired) electrons. The highest BCUT2D eigenvalue weighted by Gasteiger charge is 2.18. The molecule has 0 saturated carbocycles. The van der Waals surface area contributed by atoms with Crippen molar-refractivity contribution in [3.8, 4) is 11.3 Å². The molecule has 102 valence electrons. The zero-order valence-electron chi connectivity index (χ0n) is 12.2. The van der Waals surface area contributed by atoms with Crippen LogP contribution in [-0.4, -0.2) is 0 Å². The van der Waals surface area contributed by atoms with Crippen molar-refractivity contribution in [2.24, 2.45) is 0 Å². The highest BCUT2D eigenvalue weighted by Crippen LogP contribution is 2.33. The summed E-state index contributed by atoms with van der Waals surface area (Å²) in [5.74, 6) is 0.767. The summed E-state index contributed by atoms with van der Waals surface area (Å²) in [6.45, 7) is 8.07. The number of rotatable bonds is 0. The van der Waals surface area contributed by atoms with Crippen LogP contribution in [-0.2, 0) is 0 Å². The second kappa shape index (κ2) is 4.10. The number of hydrogen-bond acceptors (Lipinski definition) is 3. The third-order valence-electron chi connectivity index (χ3n) is 4.30. The van der Waals surface area contributed by atoms with Crippen LogP contribution in [0.5, 0.6) is 0 Å². The minimum atomic E-state index is 0.354. The maximum Gasteiger partial charge on any atom is 0.140 e. The Balaban J connectivity index is 2.59. The number of aryl methyl sites for hydroxylation is 2. The van der Waals surface area contributed by atoms with Crippen molar-refractivity contribution < 1.29 is 4.42 Å². The van der Waals surface area contributed by atoms with E-state index in [2.05, 4.69) is 19.9 Å². The molecule has 0 unspecified atom stereocenters. The lowest BCUT2D eigenvalue weighted by Gasteiger charge is -2.16. The Morgan fingerprint density at radius 3 is 2.40 bits per heavy atom. The zero-order chi connectivity index (χ0) is 14.6. The standard InChI is InChI=1S/C17H18N2O/c1-8-5-6-12-7-13-15(19)14(18)10(3)11(4)17(13)20-16(12)9(8)2/h5-7,19H,18H2,1-4H3. The molecule has 3 nitrogen and oxygen atoms in total. The normalized spacial score (nSPS) is 11.4. The first-order chi connectivity index (χ1) is 9.41. The molecule has 0 bridgehead atoms. The largest absolute Gasteiger partial charge is 0.455 e. The van der Waals surface area contributed by atoms with Gasteiger partial charge in [0.1, 0.15) is 11.3 Å². The molecule has 1 aromatic rings. The fourth-order valence-electron chi connectivity index (χ4n) is 2.61. The number of anilines is 1. The predicted octanol–water partition coefficient (Wildman–Crippen LogP) is 3.83. The van der Waals surface area contributed by atoms with Gasteiger partial charge in [-0.25, -0.2) is 0 Å². The van der Waals surface area contributed by atoms with E-state index in [1.54, 1.807) is 0 Å². The van der Waals surface area contributed by atoms with Crippen molar-refractivity contribution >= 4 is 16.7 Å². The van der Waals surface area contributed by atoms with Gasteiger partial charge in [-0.2, -0.15) is 0 Å². The first-order valence-electron chi connectivity index (χ1n) is 6.68. The van der Waals surface area contributed by atoms with E-state index in [9.17, 15) is 0 Å². The number of fused-ring (bicyclic) bond motifs is 2. The van der Waals surface area contributed by atoms with Gasteiger partial charge in [0.2, 0.25) is 0 Å². The van der Waals surface area contributed by atoms with E-state index in [0.717, 1.165) is 39.0 Å². The van der Waals surface area contributed by atoms with Crippen LogP contribution in [0.2, 0.25) is 0 Å². The summed E-state index contributed by atoms with van der Waals surface area (Å²) in [6, 6.07) is 6.12. The van der Waals surface area contributed by atoms with Crippen LogP contribution < -0.4 is 11.1 Å². The molecular weight excluding hydrogens is 248 g/mol. The number of benzene rings is 2. The summed E-state index contributed by atoms with van der Waals surface area (Å²) < 4.78 is 6.13. The minimum Gasteiger partial charge on any atom is -0.455 e. The van der Waals surface area contributed by atoms with Gasteiger partial charge in [-0.3, -0.25) is 5.41 Å². The molecule has 0 atom stereocenters. The molecular formula is C17H18N2O.